The second kappa shape index (κ2) is 6.43. The summed E-state index contributed by atoms with van der Waals surface area (Å²) < 4.78 is 0. The number of rotatable bonds is 5. The quantitative estimate of drug-likeness (QED) is 0.808. The van der Waals surface area contributed by atoms with Crippen LogP contribution in [0, 0.1) is 0 Å². The van der Waals surface area contributed by atoms with Gasteiger partial charge in [-0.2, -0.15) is 0 Å². The van der Waals surface area contributed by atoms with E-state index < -0.39 is 0 Å². The minimum absolute atomic E-state index is 0.176. The Hall–Kier alpha value is -0.960. The first-order valence-corrected chi connectivity index (χ1v) is 8.83. The highest BCUT2D eigenvalue weighted by Gasteiger charge is 2.28. The zero-order chi connectivity index (χ0) is 14.7. The van der Waals surface area contributed by atoms with Crippen LogP contribution in [-0.4, -0.2) is 18.2 Å². The number of alkyl halides is 1. The average Bonchev–Trinajstić information content (AvgIpc) is 2.97. The van der Waals surface area contributed by atoms with Crippen molar-refractivity contribution in [2.45, 2.75) is 23.3 Å². The molecule has 2 aromatic carbocycles. The van der Waals surface area contributed by atoms with Crippen molar-refractivity contribution in [3.05, 3.63) is 65.7 Å². The molecule has 0 saturated carbocycles. The van der Waals surface area contributed by atoms with E-state index in [1.54, 1.807) is 0 Å². The normalized spacial score (nSPS) is 20.0. The Kier molecular flexibility index (Phi) is 4.58. The fraction of sp³-hybridized carbons (Fsp3) is 0.333. The average molecular weight is 318 g/mol. The highest BCUT2D eigenvalue weighted by Crippen LogP contribution is 2.39. The van der Waals surface area contributed by atoms with Crippen molar-refractivity contribution in [1.82, 2.24) is 5.32 Å². The zero-order valence-corrected chi connectivity index (χ0v) is 13.8. The van der Waals surface area contributed by atoms with E-state index >= 15 is 0 Å². The van der Waals surface area contributed by atoms with Gasteiger partial charge in [-0.25, -0.2) is 0 Å². The van der Waals surface area contributed by atoms with Crippen LogP contribution in [0.1, 0.15) is 24.0 Å². The van der Waals surface area contributed by atoms with Crippen molar-refractivity contribution in [3.8, 4) is 0 Å². The van der Waals surface area contributed by atoms with Crippen LogP contribution < -0.4 is 5.32 Å². The Balaban J connectivity index is 1.72. The SMILES string of the molecule is CC(CCl)(NCC1CSc2ccccc21)c1ccccc1. The number of nitrogens with one attached hydrogen (secondary N) is 1. The molecule has 1 heterocycles. The molecule has 2 aromatic rings. The molecule has 21 heavy (non-hydrogen) atoms. The van der Waals surface area contributed by atoms with Crippen LogP contribution >= 0.6 is 23.4 Å². The molecule has 1 aliphatic heterocycles. The molecule has 2 unspecified atom stereocenters. The smallest absolute Gasteiger partial charge is 0.0543 e. The molecular formula is C18H20ClNS. The van der Waals surface area contributed by atoms with Crippen molar-refractivity contribution in [2.75, 3.05) is 18.2 Å². The fourth-order valence-corrected chi connectivity index (χ4v) is 4.28. The summed E-state index contributed by atoms with van der Waals surface area (Å²) in [6, 6.07) is 19.2. The van der Waals surface area contributed by atoms with Gasteiger partial charge in [0.25, 0.3) is 0 Å². The predicted molar refractivity (Wildman–Crippen MR) is 92.4 cm³/mol. The fourth-order valence-electron chi connectivity index (χ4n) is 2.78. The Morgan fingerprint density at radius 1 is 1.14 bits per heavy atom. The monoisotopic (exact) mass is 317 g/mol. The maximum absolute atomic E-state index is 6.26. The van der Waals surface area contributed by atoms with Gasteiger partial charge in [0.2, 0.25) is 0 Å². The van der Waals surface area contributed by atoms with E-state index in [-0.39, 0.29) is 5.54 Å². The number of benzene rings is 2. The third-order valence-electron chi connectivity index (χ3n) is 4.22. The van der Waals surface area contributed by atoms with Gasteiger partial charge in [-0.15, -0.1) is 23.4 Å². The molecule has 110 valence electrons. The van der Waals surface area contributed by atoms with Gasteiger partial charge in [0, 0.05) is 29.0 Å². The van der Waals surface area contributed by atoms with Crippen molar-refractivity contribution in [3.63, 3.8) is 0 Å². The van der Waals surface area contributed by atoms with Crippen LogP contribution in [0.15, 0.2) is 59.5 Å². The number of thioether (sulfide) groups is 1. The first-order chi connectivity index (χ1) is 10.2. The largest absolute Gasteiger partial charge is 0.306 e. The van der Waals surface area contributed by atoms with Gasteiger partial charge in [0.15, 0.2) is 0 Å². The van der Waals surface area contributed by atoms with Crippen molar-refractivity contribution in [2.24, 2.45) is 0 Å². The van der Waals surface area contributed by atoms with Gasteiger partial charge >= 0.3 is 0 Å². The molecule has 0 bridgehead atoms. The van der Waals surface area contributed by atoms with Gasteiger partial charge in [0.05, 0.1) is 5.54 Å². The second-order valence-electron chi connectivity index (χ2n) is 5.76. The Morgan fingerprint density at radius 2 is 1.86 bits per heavy atom. The first-order valence-electron chi connectivity index (χ1n) is 7.31. The number of fused-ring (bicyclic) bond motifs is 1. The van der Waals surface area contributed by atoms with Crippen LogP contribution in [0.4, 0.5) is 0 Å². The van der Waals surface area contributed by atoms with Crippen LogP contribution in [-0.2, 0) is 5.54 Å². The van der Waals surface area contributed by atoms with E-state index in [1.807, 2.05) is 17.8 Å². The minimum Gasteiger partial charge on any atom is -0.306 e. The van der Waals surface area contributed by atoms with Gasteiger partial charge in [0.1, 0.15) is 0 Å². The maximum Gasteiger partial charge on any atom is 0.0543 e. The summed E-state index contributed by atoms with van der Waals surface area (Å²) in [4.78, 5) is 1.43. The molecule has 0 aliphatic carbocycles. The Morgan fingerprint density at radius 3 is 2.62 bits per heavy atom. The molecule has 1 N–H and O–H groups in total. The van der Waals surface area contributed by atoms with Gasteiger partial charge in [-0.1, -0.05) is 48.5 Å². The standard InChI is InChI=1S/C18H20ClNS/c1-18(13-19,15-7-3-2-4-8-15)20-11-14-12-21-17-10-6-5-9-16(14)17/h2-10,14,20H,11-13H2,1H3. The lowest BCUT2D eigenvalue weighted by Crippen LogP contribution is -2.43. The first kappa shape index (κ1) is 15.0. The molecule has 0 amide bonds. The van der Waals surface area contributed by atoms with Gasteiger partial charge in [-0.3, -0.25) is 0 Å². The predicted octanol–water partition coefficient (Wildman–Crippen LogP) is 4.62. The van der Waals surface area contributed by atoms with Gasteiger partial charge in [-0.05, 0) is 24.1 Å². The van der Waals surface area contributed by atoms with Crippen LogP contribution in [0.5, 0.6) is 0 Å². The highest BCUT2D eigenvalue weighted by molar-refractivity contribution is 7.99. The van der Waals surface area contributed by atoms with E-state index in [9.17, 15) is 0 Å². The topological polar surface area (TPSA) is 12.0 Å². The molecule has 3 heteroatoms. The molecular weight excluding hydrogens is 298 g/mol. The Bertz CT molecular complexity index is 601. The van der Waals surface area contributed by atoms with E-state index in [2.05, 4.69) is 60.8 Å². The lowest BCUT2D eigenvalue weighted by atomic mass is 9.92. The number of hydrogen-bond acceptors (Lipinski definition) is 2. The highest BCUT2D eigenvalue weighted by atomic mass is 35.5. The van der Waals surface area contributed by atoms with E-state index in [0.717, 1.165) is 12.3 Å². The lowest BCUT2D eigenvalue weighted by Gasteiger charge is -2.31. The molecule has 0 radical (unpaired) electrons. The van der Waals surface area contributed by atoms with Crippen molar-refractivity contribution >= 4 is 23.4 Å². The molecule has 0 spiro atoms. The minimum atomic E-state index is -0.176. The lowest BCUT2D eigenvalue weighted by molar-refractivity contribution is 0.398. The third kappa shape index (κ3) is 3.13. The summed E-state index contributed by atoms with van der Waals surface area (Å²) in [7, 11) is 0. The number of hydrogen-bond donors (Lipinski definition) is 1. The molecule has 0 saturated heterocycles. The van der Waals surface area contributed by atoms with Crippen LogP contribution in [0.3, 0.4) is 0 Å². The summed E-state index contributed by atoms with van der Waals surface area (Å²) in [6.07, 6.45) is 0. The van der Waals surface area contributed by atoms with E-state index in [1.165, 1.54) is 16.0 Å². The second-order valence-corrected chi connectivity index (χ2v) is 7.09. The summed E-state index contributed by atoms with van der Waals surface area (Å²) in [5, 5.41) is 3.70. The molecule has 0 aromatic heterocycles. The van der Waals surface area contributed by atoms with Crippen LogP contribution in [0.2, 0.25) is 0 Å². The molecule has 2 atom stereocenters. The molecule has 1 aliphatic rings. The van der Waals surface area contributed by atoms with E-state index in [4.69, 9.17) is 11.6 Å². The molecule has 1 nitrogen and oxygen atoms in total. The maximum atomic E-state index is 6.26. The number of halogens is 1. The Labute approximate surface area is 136 Å². The summed E-state index contributed by atoms with van der Waals surface area (Å²) >= 11 is 8.22. The van der Waals surface area contributed by atoms with E-state index in [0.29, 0.717) is 11.8 Å². The van der Waals surface area contributed by atoms with Crippen molar-refractivity contribution < 1.29 is 0 Å². The summed E-state index contributed by atoms with van der Waals surface area (Å²) in [5.74, 6) is 2.29. The zero-order valence-electron chi connectivity index (χ0n) is 12.2. The van der Waals surface area contributed by atoms with Gasteiger partial charge < -0.3 is 5.32 Å². The third-order valence-corrected chi connectivity index (χ3v) is 6.00. The van der Waals surface area contributed by atoms with Crippen LogP contribution in [0.25, 0.3) is 0 Å². The molecule has 3 rings (SSSR count). The molecule has 0 fully saturated rings. The summed E-state index contributed by atoms with van der Waals surface area (Å²) in [6.45, 7) is 3.14. The van der Waals surface area contributed by atoms with Crippen molar-refractivity contribution in [1.29, 1.82) is 0 Å². The summed E-state index contributed by atoms with van der Waals surface area (Å²) in [5.41, 5.74) is 2.55.